The van der Waals surface area contributed by atoms with Crippen LogP contribution < -0.4 is 0 Å². The van der Waals surface area contributed by atoms with Crippen molar-refractivity contribution in [1.82, 2.24) is 0 Å². The summed E-state index contributed by atoms with van der Waals surface area (Å²) >= 11 is 0. The highest BCUT2D eigenvalue weighted by molar-refractivity contribution is 5.75. The molecule has 0 spiro atoms. The predicted octanol–water partition coefficient (Wildman–Crippen LogP) is 2.07. The highest BCUT2D eigenvalue weighted by Gasteiger charge is 2.19. The molecule has 2 nitrogen and oxygen atoms in total. The van der Waals surface area contributed by atoms with Crippen LogP contribution in [0.15, 0.2) is 60.7 Å². The summed E-state index contributed by atoms with van der Waals surface area (Å²) in [6, 6.07) is 18.3. The summed E-state index contributed by atoms with van der Waals surface area (Å²) in [5.74, 6) is 0. The number of hydrogen-bond acceptors (Lipinski definition) is 2. The lowest BCUT2D eigenvalue weighted by Gasteiger charge is -2.18. The molecule has 0 fully saturated rings. The van der Waals surface area contributed by atoms with E-state index < -0.39 is 12.2 Å². The fourth-order valence-electron chi connectivity index (χ4n) is 1.67. The summed E-state index contributed by atoms with van der Waals surface area (Å²) in [6.45, 7) is 0. The first kappa shape index (κ1) is 13.5. The van der Waals surface area contributed by atoms with Crippen LogP contribution in [0.3, 0.4) is 0 Å². The highest BCUT2D eigenvalue weighted by Crippen LogP contribution is 2.27. The molecule has 0 aliphatic rings. The lowest BCUT2D eigenvalue weighted by molar-refractivity contribution is 0.0172. The van der Waals surface area contributed by atoms with Gasteiger partial charge in [-0.2, -0.15) is 0 Å². The molecule has 0 aliphatic carbocycles. The van der Waals surface area contributed by atoms with E-state index in [9.17, 15) is 10.2 Å². The smallest absolute Gasteiger partial charge is 0.109 e. The van der Waals surface area contributed by atoms with Crippen molar-refractivity contribution in [3.8, 4) is 0 Å². The van der Waals surface area contributed by atoms with Crippen LogP contribution in [0.1, 0.15) is 23.3 Å². The van der Waals surface area contributed by atoms with Crippen LogP contribution in [0.5, 0.6) is 0 Å². The van der Waals surface area contributed by atoms with E-state index in [1.165, 1.54) is 0 Å². The van der Waals surface area contributed by atoms with Gasteiger partial charge in [-0.25, -0.2) is 0 Å². The van der Waals surface area contributed by atoms with Gasteiger partial charge in [-0.1, -0.05) is 60.7 Å². The number of benzene rings is 2. The summed E-state index contributed by atoms with van der Waals surface area (Å²) < 4.78 is 0. The zero-order valence-corrected chi connectivity index (χ0v) is 9.40. The van der Waals surface area contributed by atoms with E-state index in [0.29, 0.717) is 0 Å². The van der Waals surface area contributed by atoms with E-state index in [2.05, 4.69) is 0 Å². The molecule has 0 amide bonds. The van der Waals surface area contributed by atoms with E-state index >= 15 is 0 Å². The van der Waals surface area contributed by atoms with Crippen molar-refractivity contribution in [3.63, 3.8) is 0 Å². The first-order valence-corrected chi connectivity index (χ1v) is 5.25. The Hall–Kier alpha value is -1.58. The second-order valence-electron chi connectivity index (χ2n) is 3.71. The van der Waals surface area contributed by atoms with Crippen LogP contribution in [0.25, 0.3) is 0 Å². The fourth-order valence-corrected chi connectivity index (χ4v) is 1.67. The van der Waals surface area contributed by atoms with Gasteiger partial charge in [0.1, 0.15) is 12.2 Å². The van der Waals surface area contributed by atoms with Crippen LogP contribution in [0.4, 0.5) is 0 Å². The molecule has 2 N–H and O–H groups in total. The first-order chi connectivity index (χ1) is 7.79. The molecule has 3 radical (unpaired) electrons. The predicted molar refractivity (Wildman–Crippen MR) is 68.6 cm³/mol. The van der Waals surface area contributed by atoms with Gasteiger partial charge in [0.05, 0.1) is 0 Å². The van der Waals surface area contributed by atoms with Crippen molar-refractivity contribution in [2.45, 2.75) is 12.2 Å². The monoisotopic (exact) mass is 225 g/mol. The summed E-state index contributed by atoms with van der Waals surface area (Å²) in [5.41, 5.74) is 1.44. The summed E-state index contributed by atoms with van der Waals surface area (Å²) in [6.07, 6.45) is -1.77. The maximum Gasteiger partial charge on any atom is 0.109 e. The molecule has 2 aromatic carbocycles. The zero-order valence-electron chi connectivity index (χ0n) is 9.40. The van der Waals surface area contributed by atoms with E-state index in [1.54, 1.807) is 24.3 Å². The van der Waals surface area contributed by atoms with Crippen molar-refractivity contribution in [2.75, 3.05) is 0 Å². The van der Waals surface area contributed by atoms with Gasteiger partial charge in [-0.15, -0.1) is 0 Å². The van der Waals surface area contributed by atoms with Crippen molar-refractivity contribution >= 4 is 8.41 Å². The fraction of sp³-hybridized carbons (Fsp3) is 0.143. The molecule has 0 bridgehead atoms. The Bertz CT molecular complexity index is 387. The Balaban J connectivity index is 0.00000144. The molecule has 2 atom stereocenters. The molecule has 0 heterocycles. The first-order valence-electron chi connectivity index (χ1n) is 5.25. The lowest BCUT2D eigenvalue weighted by atomic mass is 9.99. The molecular formula is C14H14BO2. The van der Waals surface area contributed by atoms with Crippen LogP contribution in [0.2, 0.25) is 0 Å². The van der Waals surface area contributed by atoms with Crippen molar-refractivity contribution in [2.24, 2.45) is 0 Å². The second-order valence-corrected chi connectivity index (χ2v) is 3.71. The Morgan fingerprint density at radius 3 is 1.18 bits per heavy atom. The van der Waals surface area contributed by atoms with Crippen molar-refractivity contribution in [3.05, 3.63) is 71.8 Å². The molecule has 85 valence electrons. The molecule has 0 aromatic heterocycles. The van der Waals surface area contributed by atoms with Gasteiger partial charge in [0.2, 0.25) is 0 Å². The molecule has 17 heavy (non-hydrogen) atoms. The third-order valence-corrected chi connectivity index (χ3v) is 2.58. The Morgan fingerprint density at radius 2 is 0.882 bits per heavy atom. The molecular weight excluding hydrogens is 211 g/mol. The maximum atomic E-state index is 9.99. The number of hydrogen-bond donors (Lipinski definition) is 2. The topological polar surface area (TPSA) is 40.5 Å². The Morgan fingerprint density at radius 1 is 0.588 bits per heavy atom. The average Bonchev–Trinajstić information content (AvgIpc) is 2.39. The van der Waals surface area contributed by atoms with Gasteiger partial charge in [-0.05, 0) is 11.1 Å². The lowest BCUT2D eigenvalue weighted by Crippen LogP contribution is -2.09. The van der Waals surface area contributed by atoms with Crippen LogP contribution >= 0.6 is 0 Å². The second kappa shape index (κ2) is 6.23. The van der Waals surface area contributed by atoms with Gasteiger partial charge in [-0.3, -0.25) is 0 Å². The third kappa shape index (κ3) is 3.19. The van der Waals surface area contributed by atoms with Gasteiger partial charge >= 0.3 is 0 Å². The SMILES string of the molecule is OC(c1ccccc1)C(O)c1ccccc1.[B]. The third-order valence-electron chi connectivity index (χ3n) is 2.58. The zero-order chi connectivity index (χ0) is 11.4. The van der Waals surface area contributed by atoms with Crippen molar-refractivity contribution in [1.29, 1.82) is 0 Å². The van der Waals surface area contributed by atoms with Crippen LogP contribution in [0, 0.1) is 0 Å². The quantitative estimate of drug-likeness (QED) is 0.785. The average molecular weight is 225 g/mol. The van der Waals surface area contributed by atoms with E-state index in [1.807, 2.05) is 36.4 Å². The highest BCUT2D eigenvalue weighted by atomic mass is 16.3. The molecule has 2 unspecified atom stereocenters. The van der Waals surface area contributed by atoms with Gasteiger partial charge in [0, 0.05) is 8.41 Å². The van der Waals surface area contributed by atoms with Gasteiger partial charge in [0.25, 0.3) is 0 Å². The Kier molecular flexibility index (Phi) is 4.95. The van der Waals surface area contributed by atoms with Gasteiger partial charge < -0.3 is 10.2 Å². The normalized spacial score (nSPS) is 13.5. The minimum absolute atomic E-state index is 0. The number of rotatable bonds is 3. The van der Waals surface area contributed by atoms with E-state index in [0.717, 1.165) is 11.1 Å². The standard InChI is InChI=1S/C14H14O2.B/c15-13(11-7-3-1-4-8-11)14(16)12-9-5-2-6-10-12;/h1-10,13-16H;. The van der Waals surface area contributed by atoms with E-state index in [4.69, 9.17) is 0 Å². The molecule has 3 heteroatoms. The summed E-state index contributed by atoms with van der Waals surface area (Å²) in [7, 11) is 0. The number of aliphatic hydroxyl groups is 2. The number of aliphatic hydroxyl groups excluding tert-OH is 2. The summed E-state index contributed by atoms with van der Waals surface area (Å²) in [4.78, 5) is 0. The van der Waals surface area contributed by atoms with Gasteiger partial charge in [0.15, 0.2) is 0 Å². The molecule has 0 aliphatic heterocycles. The van der Waals surface area contributed by atoms with E-state index in [-0.39, 0.29) is 8.41 Å². The Labute approximate surface area is 103 Å². The molecule has 2 rings (SSSR count). The molecule has 2 aromatic rings. The summed E-state index contributed by atoms with van der Waals surface area (Å²) in [5, 5.41) is 20.0. The van der Waals surface area contributed by atoms with Crippen LogP contribution in [-0.2, 0) is 0 Å². The maximum absolute atomic E-state index is 9.99. The molecule has 0 saturated heterocycles. The van der Waals surface area contributed by atoms with Crippen molar-refractivity contribution < 1.29 is 10.2 Å². The minimum Gasteiger partial charge on any atom is -0.385 e. The van der Waals surface area contributed by atoms with Crippen LogP contribution in [-0.4, -0.2) is 18.6 Å². The largest absolute Gasteiger partial charge is 0.385 e. The minimum atomic E-state index is -0.886. The molecule has 0 saturated carbocycles.